The lowest BCUT2D eigenvalue weighted by molar-refractivity contribution is 0.0600. The van der Waals surface area contributed by atoms with Gasteiger partial charge in [-0.3, -0.25) is 14.5 Å². The summed E-state index contributed by atoms with van der Waals surface area (Å²) in [6.45, 7) is 6.24. The van der Waals surface area contributed by atoms with Gasteiger partial charge >= 0.3 is 0 Å². The molecule has 0 radical (unpaired) electrons. The van der Waals surface area contributed by atoms with Crippen LogP contribution in [-0.2, 0) is 20.0 Å². The first kappa shape index (κ1) is 20.3. The molecular weight excluding hydrogens is 350 g/mol. The molecule has 0 aliphatic carbocycles. The van der Waals surface area contributed by atoms with E-state index >= 15 is 0 Å². The molecule has 5 nitrogen and oxygen atoms in total. The van der Waals surface area contributed by atoms with Crippen LogP contribution >= 0.6 is 0 Å². The summed E-state index contributed by atoms with van der Waals surface area (Å²) in [6, 6.07) is 12.5. The number of aromatic nitrogens is 1. The Morgan fingerprint density at radius 1 is 1.25 bits per heavy atom. The molecule has 1 amide bonds. The smallest absolute Gasteiger partial charge is 0.263 e. The van der Waals surface area contributed by atoms with Gasteiger partial charge in [0.15, 0.2) is 0 Å². The summed E-state index contributed by atoms with van der Waals surface area (Å²) in [5.41, 5.74) is 3.37. The van der Waals surface area contributed by atoms with E-state index in [-0.39, 0.29) is 11.5 Å². The summed E-state index contributed by atoms with van der Waals surface area (Å²) in [6.07, 6.45) is 2.81. The van der Waals surface area contributed by atoms with Gasteiger partial charge in [0.05, 0.1) is 0 Å². The van der Waals surface area contributed by atoms with Crippen molar-refractivity contribution in [1.82, 2.24) is 14.4 Å². The van der Waals surface area contributed by atoms with Crippen LogP contribution in [0.2, 0.25) is 0 Å². The first-order valence-electron chi connectivity index (χ1n) is 10.1. The van der Waals surface area contributed by atoms with Crippen LogP contribution in [0.5, 0.6) is 0 Å². The zero-order valence-corrected chi connectivity index (χ0v) is 17.4. The zero-order chi connectivity index (χ0) is 20.3. The van der Waals surface area contributed by atoms with Crippen molar-refractivity contribution in [3.8, 4) is 0 Å². The first-order valence-corrected chi connectivity index (χ1v) is 10.1. The van der Waals surface area contributed by atoms with Gasteiger partial charge in [-0.25, -0.2) is 0 Å². The molecule has 1 atom stereocenters. The highest BCUT2D eigenvalue weighted by Gasteiger charge is 2.28. The molecular formula is C23H31N3O2. The molecule has 1 aliphatic rings. The average Bonchev–Trinajstić information content (AvgIpc) is 2.71. The molecule has 1 aliphatic heterocycles. The average molecular weight is 382 g/mol. The third-order valence-electron chi connectivity index (χ3n) is 5.90. The van der Waals surface area contributed by atoms with Gasteiger partial charge in [0.25, 0.3) is 11.5 Å². The van der Waals surface area contributed by atoms with Gasteiger partial charge in [0, 0.05) is 38.4 Å². The second-order valence-electron chi connectivity index (χ2n) is 7.85. The number of likely N-dealkylation sites (N-methyl/N-ethyl adjacent to an activating group) is 1. The molecule has 150 valence electrons. The number of rotatable bonds is 5. The fourth-order valence-electron chi connectivity index (χ4n) is 4.27. The lowest BCUT2D eigenvalue weighted by Gasteiger charge is -2.37. The number of nitrogens with zero attached hydrogens (tertiary/aromatic N) is 3. The second-order valence-corrected chi connectivity index (χ2v) is 7.85. The molecule has 0 saturated carbocycles. The largest absolute Gasteiger partial charge is 0.337 e. The first-order chi connectivity index (χ1) is 13.4. The maximum atomic E-state index is 13.1. The van der Waals surface area contributed by atoms with Crippen molar-refractivity contribution in [3.05, 3.63) is 69.1 Å². The Bertz CT molecular complexity index is 889. The third-order valence-corrected chi connectivity index (χ3v) is 5.90. The Morgan fingerprint density at radius 3 is 2.64 bits per heavy atom. The molecule has 1 fully saturated rings. The molecule has 1 saturated heterocycles. The van der Waals surface area contributed by atoms with E-state index in [9.17, 15) is 9.59 Å². The molecule has 0 unspecified atom stereocenters. The molecule has 0 N–H and O–H groups in total. The van der Waals surface area contributed by atoms with Gasteiger partial charge in [-0.1, -0.05) is 37.3 Å². The molecule has 2 aromatic rings. The van der Waals surface area contributed by atoms with Crippen molar-refractivity contribution in [2.75, 3.05) is 20.1 Å². The monoisotopic (exact) mass is 381 g/mol. The van der Waals surface area contributed by atoms with Gasteiger partial charge in [-0.2, -0.15) is 0 Å². The lowest BCUT2D eigenvalue weighted by Crippen LogP contribution is -2.49. The summed E-state index contributed by atoms with van der Waals surface area (Å²) in [5, 5.41) is 0. The summed E-state index contributed by atoms with van der Waals surface area (Å²) in [4.78, 5) is 30.1. The molecule has 5 heteroatoms. The fraction of sp³-hybridized carbons (Fsp3) is 0.478. The Morgan fingerprint density at radius 2 is 1.96 bits per heavy atom. The number of carbonyl (C=O) groups is 1. The number of hydrogen-bond donors (Lipinski definition) is 0. The molecule has 1 aromatic carbocycles. The summed E-state index contributed by atoms with van der Waals surface area (Å²) in [7, 11) is 3.88. The van der Waals surface area contributed by atoms with Crippen LogP contribution in [0.25, 0.3) is 0 Å². The van der Waals surface area contributed by atoms with E-state index in [4.69, 9.17) is 0 Å². The van der Waals surface area contributed by atoms with Crippen LogP contribution in [0.4, 0.5) is 0 Å². The molecule has 0 bridgehead atoms. The summed E-state index contributed by atoms with van der Waals surface area (Å²) >= 11 is 0. The number of piperidine rings is 1. The molecule has 3 rings (SSSR count). The normalized spacial score (nSPS) is 17.2. The molecule has 1 aromatic heterocycles. The summed E-state index contributed by atoms with van der Waals surface area (Å²) in [5.74, 6) is -0.135. The lowest BCUT2D eigenvalue weighted by atomic mass is 10.0. The Labute approximate surface area is 167 Å². The van der Waals surface area contributed by atoms with E-state index < -0.39 is 0 Å². The quantitative estimate of drug-likeness (QED) is 0.800. The van der Waals surface area contributed by atoms with E-state index in [1.165, 1.54) is 5.56 Å². The van der Waals surface area contributed by atoms with Crippen molar-refractivity contribution >= 4 is 5.91 Å². The van der Waals surface area contributed by atoms with Crippen molar-refractivity contribution in [3.63, 3.8) is 0 Å². The number of benzene rings is 1. The van der Waals surface area contributed by atoms with Crippen molar-refractivity contribution in [2.24, 2.45) is 7.05 Å². The van der Waals surface area contributed by atoms with Crippen LogP contribution < -0.4 is 5.56 Å². The van der Waals surface area contributed by atoms with Crippen LogP contribution in [0.1, 0.15) is 46.9 Å². The number of likely N-dealkylation sites (tertiary alicyclic amines) is 1. The SMILES string of the molecule is CCc1c(C)cc(C(=O)N2CCC[C@@H](N(C)Cc3ccccc3)C2)c(=O)n1C. The third kappa shape index (κ3) is 4.20. The maximum Gasteiger partial charge on any atom is 0.263 e. The predicted molar refractivity (Wildman–Crippen MR) is 113 cm³/mol. The van der Waals surface area contributed by atoms with E-state index in [1.54, 1.807) is 17.7 Å². The number of hydrogen-bond acceptors (Lipinski definition) is 3. The van der Waals surface area contributed by atoms with E-state index in [1.807, 2.05) is 24.8 Å². The predicted octanol–water partition coefficient (Wildman–Crippen LogP) is 2.99. The van der Waals surface area contributed by atoms with Crippen LogP contribution in [0.15, 0.2) is 41.2 Å². The van der Waals surface area contributed by atoms with Gasteiger partial charge < -0.3 is 9.47 Å². The number of amides is 1. The number of aryl methyl sites for hydroxylation is 1. The minimum Gasteiger partial charge on any atom is -0.337 e. The summed E-state index contributed by atoms with van der Waals surface area (Å²) < 4.78 is 1.63. The molecule has 0 spiro atoms. The van der Waals surface area contributed by atoms with Crippen molar-refractivity contribution < 1.29 is 4.79 Å². The van der Waals surface area contributed by atoms with Crippen LogP contribution in [0.3, 0.4) is 0 Å². The minimum absolute atomic E-state index is 0.135. The van der Waals surface area contributed by atoms with Gasteiger partial charge in [-0.15, -0.1) is 0 Å². The highest BCUT2D eigenvalue weighted by molar-refractivity contribution is 5.94. The highest BCUT2D eigenvalue weighted by Crippen LogP contribution is 2.19. The van der Waals surface area contributed by atoms with Crippen LogP contribution in [0, 0.1) is 6.92 Å². The Balaban J connectivity index is 1.75. The van der Waals surface area contributed by atoms with E-state index in [0.717, 1.165) is 37.1 Å². The van der Waals surface area contributed by atoms with Gasteiger partial charge in [-0.05, 0) is 50.4 Å². The maximum absolute atomic E-state index is 13.1. The second kappa shape index (κ2) is 8.74. The molecule has 2 heterocycles. The van der Waals surface area contributed by atoms with Crippen molar-refractivity contribution in [1.29, 1.82) is 0 Å². The fourth-order valence-corrected chi connectivity index (χ4v) is 4.27. The molecule has 28 heavy (non-hydrogen) atoms. The van der Waals surface area contributed by atoms with Crippen molar-refractivity contribution in [2.45, 2.75) is 45.7 Å². The van der Waals surface area contributed by atoms with Gasteiger partial charge in [0.1, 0.15) is 5.56 Å². The standard InChI is InChI=1S/C23H31N3O2/c1-5-21-17(2)14-20(22(27)25(21)4)23(28)26-13-9-12-19(16-26)24(3)15-18-10-7-6-8-11-18/h6-8,10-11,14,19H,5,9,12-13,15-16H2,1-4H3/t19-/m1/s1. The number of pyridine rings is 1. The topological polar surface area (TPSA) is 45.6 Å². The zero-order valence-electron chi connectivity index (χ0n) is 17.4. The minimum atomic E-state index is -0.188. The van der Waals surface area contributed by atoms with Gasteiger partial charge in [0.2, 0.25) is 0 Å². The van der Waals surface area contributed by atoms with E-state index in [0.29, 0.717) is 24.7 Å². The van der Waals surface area contributed by atoms with Crippen LogP contribution in [-0.4, -0.2) is 46.5 Å². The van der Waals surface area contributed by atoms with E-state index in [2.05, 4.69) is 36.2 Å². The highest BCUT2D eigenvalue weighted by atomic mass is 16.2. The Kier molecular flexibility index (Phi) is 6.35. The Hall–Kier alpha value is -2.40. The number of carbonyl (C=O) groups excluding carboxylic acids is 1.